The molecule has 0 bridgehead atoms. The van der Waals surface area contributed by atoms with E-state index in [0.717, 1.165) is 51.0 Å². The van der Waals surface area contributed by atoms with Crippen molar-refractivity contribution in [1.29, 1.82) is 0 Å². The second kappa shape index (κ2) is 7.32. The number of hydrogen-bond acceptors (Lipinski definition) is 3. The fraction of sp³-hybridized carbons (Fsp3) is 0.500. The molecule has 1 unspecified atom stereocenters. The van der Waals surface area contributed by atoms with Gasteiger partial charge >= 0.3 is 0 Å². The van der Waals surface area contributed by atoms with Crippen LogP contribution in [0, 0.1) is 5.92 Å². The molecule has 1 spiro atoms. The second-order valence-electron chi connectivity index (χ2n) is 8.82. The minimum atomic E-state index is 0.0540. The minimum Gasteiger partial charge on any atom is -0.310 e. The molecule has 0 radical (unpaired) electrons. The number of rotatable bonds is 3. The molecule has 3 aliphatic rings. The lowest BCUT2D eigenvalue weighted by Gasteiger charge is -2.47. The molecule has 146 valence electrons. The van der Waals surface area contributed by atoms with Gasteiger partial charge in [0, 0.05) is 42.6 Å². The van der Waals surface area contributed by atoms with E-state index in [1.165, 1.54) is 30.4 Å². The first kappa shape index (κ1) is 17.9. The van der Waals surface area contributed by atoms with Crippen molar-refractivity contribution in [2.24, 2.45) is 5.92 Å². The van der Waals surface area contributed by atoms with E-state index in [1.54, 1.807) is 0 Å². The standard InChI is InChI=1S/C24H29N3O/c28-23(20-8-1-2-9-20)27-18-24(15-21-10-3-4-11-22(21)27)12-6-14-26(24)17-19-7-5-13-25-16-19/h3-5,7,10-11,13,16,20H,1-2,6,8-9,12,14-15,17-18H2. The van der Waals surface area contributed by atoms with Gasteiger partial charge in [0.15, 0.2) is 0 Å². The average molecular weight is 376 g/mol. The Morgan fingerprint density at radius 1 is 1.11 bits per heavy atom. The van der Waals surface area contributed by atoms with Crippen LogP contribution in [0.5, 0.6) is 0 Å². The highest BCUT2D eigenvalue weighted by Crippen LogP contribution is 2.43. The molecule has 5 rings (SSSR count). The number of aromatic nitrogens is 1. The molecule has 1 aliphatic carbocycles. The van der Waals surface area contributed by atoms with Crippen LogP contribution in [0.25, 0.3) is 0 Å². The van der Waals surface area contributed by atoms with E-state index >= 15 is 0 Å². The molecule has 4 heteroatoms. The fourth-order valence-corrected chi connectivity index (χ4v) is 5.64. The van der Waals surface area contributed by atoms with Crippen molar-refractivity contribution >= 4 is 11.6 Å². The highest BCUT2D eigenvalue weighted by molar-refractivity contribution is 5.96. The number of anilines is 1. The van der Waals surface area contributed by atoms with Gasteiger partial charge in [-0.2, -0.15) is 0 Å². The highest BCUT2D eigenvalue weighted by Gasteiger charge is 2.47. The van der Waals surface area contributed by atoms with Crippen LogP contribution in [0.1, 0.15) is 49.7 Å². The van der Waals surface area contributed by atoms with Gasteiger partial charge in [-0.1, -0.05) is 37.1 Å². The van der Waals surface area contributed by atoms with Gasteiger partial charge in [-0.05, 0) is 61.9 Å². The molecule has 2 fully saturated rings. The summed E-state index contributed by atoms with van der Waals surface area (Å²) in [5, 5.41) is 0. The Hall–Kier alpha value is -2.20. The number of nitrogens with zero attached hydrogens (tertiary/aromatic N) is 3. The Morgan fingerprint density at radius 2 is 1.96 bits per heavy atom. The molecule has 2 aromatic rings. The second-order valence-corrected chi connectivity index (χ2v) is 8.82. The molecule has 1 saturated heterocycles. The number of pyridine rings is 1. The molecule has 1 atom stereocenters. The van der Waals surface area contributed by atoms with Crippen molar-refractivity contribution in [3.63, 3.8) is 0 Å². The Kier molecular flexibility index (Phi) is 4.67. The van der Waals surface area contributed by atoms with Crippen LogP contribution in [-0.4, -0.2) is 34.4 Å². The van der Waals surface area contributed by atoms with Crippen molar-refractivity contribution in [2.75, 3.05) is 18.0 Å². The van der Waals surface area contributed by atoms with Gasteiger partial charge in [-0.15, -0.1) is 0 Å². The zero-order valence-corrected chi connectivity index (χ0v) is 16.5. The third kappa shape index (κ3) is 3.14. The van der Waals surface area contributed by atoms with Gasteiger partial charge in [0.2, 0.25) is 5.91 Å². The summed E-state index contributed by atoms with van der Waals surface area (Å²) in [4.78, 5) is 22.5. The smallest absolute Gasteiger partial charge is 0.230 e. The van der Waals surface area contributed by atoms with Gasteiger partial charge < -0.3 is 4.90 Å². The summed E-state index contributed by atoms with van der Waals surface area (Å²) in [6, 6.07) is 12.8. The fourth-order valence-electron chi connectivity index (χ4n) is 5.64. The van der Waals surface area contributed by atoms with E-state index in [1.807, 2.05) is 18.5 Å². The molecule has 3 heterocycles. The summed E-state index contributed by atoms with van der Waals surface area (Å²) in [7, 11) is 0. The number of para-hydroxylation sites is 1. The van der Waals surface area contributed by atoms with Crippen LogP contribution >= 0.6 is 0 Å². The normalized spacial score (nSPS) is 25.4. The molecule has 2 aliphatic heterocycles. The largest absolute Gasteiger partial charge is 0.310 e. The van der Waals surface area contributed by atoms with Gasteiger partial charge in [0.1, 0.15) is 0 Å². The van der Waals surface area contributed by atoms with Gasteiger partial charge in [0.25, 0.3) is 0 Å². The van der Waals surface area contributed by atoms with Crippen LogP contribution in [0.4, 0.5) is 5.69 Å². The number of benzene rings is 1. The first-order chi connectivity index (χ1) is 13.8. The molecule has 0 N–H and O–H groups in total. The Morgan fingerprint density at radius 3 is 2.79 bits per heavy atom. The minimum absolute atomic E-state index is 0.0540. The Balaban J connectivity index is 1.47. The monoisotopic (exact) mass is 375 g/mol. The quantitative estimate of drug-likeness (QED) is 0.807. The lowest BCUT2D eigenvalue weighted by Crippen LogP contribution is -2.58. The molecular formula is C24H29N3O. The molecule has 28 heavy (non-hydrogen) atoms. The van der Waals surface area contributed by atoms with E-state index in [4.69, 9.17) is 0 Å². The van der Waals surface area contributed by atoms with E-state index in [2.05, 4.69) is 45.1 Å². The molecule has 1 saturated carbocycles. The third-order valence-corrected chi connectivity index (χ3v) is 7.06. The van der Waals surface area contributed by atoms with E-state index in [9.17, 15) is 4.79 Å². The van der Waals surface area contributed by atoms with Crippen molar-refractivity contribution in [2.45, 2.75) is 57.0 Å². The predicted octanol–water partition coefficient (Wildman–Crippen LogP) is 4.20. The summed E-state index contributed by atoms with van der Waals surface area (Å²) in [5.41, 5.74) is 3.80. The van der Waals surface area contributed by atoms with Crippen LogP contribution in [-0.2, 0) is 17.8 Å². The summed E-state index contributed by atoms with van der Waals surface area (Å²) < 4.78 is 0. The topological polar surface area (TPSA) is 36.4 Å². The maximum Gasteiger partial charge on any atom is 0.230 e. The lowest BCUT2D eigenvalue weighted by atomic mass is 9.82. The average Bonchev–Trinajstić information content (AvgIpc) is 3.39. The molecule has 1 aromatic carbocycles. The maximum atomic E-state index is 13.5. The Labute approximate surface area is 167 Å². The molecule has 1 aromatic heterocycles. The van der Waals surface area contributed by atoms with E-state index in [0.29, 0.717) is 5.91 Å². The van der Waals surface area contributed by atoms with Crippen molar-refractivity contribution in [1.82, 2.24) is 9.88 Å². The Bertz CT molecular complexity index is 846. The lowest BCUT2D eigenvalue weighted by molar-refractivity contribution is -0.122. The first-order valence-corrected chi connectivity index (χ1v) is 10.8. The summed E-state index contributed by atoms with van der Waals surface area (Å²) in [6.07, 6.45) is 11.7. The number of hydrogen-bond donors (Lipinski definition) is 0. The maximum absolute atomic E-state index is 13.5. The van der Waals surface area contributed by atoms with Crippen LogP contribution in [0.15, 0.2) is 48.8 Å². The van der Waals surface area contributed by atoms with E-state index < -0.39 is 0 Å². The van der Waals surface area contributed by atoms with Crippen molar-refractivity contribution in [3.05, 3.63) is 59.9 Å². The molecule has 4 nitrogen and oxygen atoms in total. The third-order valence-electron chi connectivity index (χ3n) is 7.06. The molecule has 1 amide bonds. The van der Waals surface area contributed by atoms with Crippen molar-refractivity contribution in [3.8, 4) is 0 Å². The predicted molar refractivity (Wildman–Crippen MR) is 111 cm³/mol. The van der Waals surface area contributed by atoms with Gasteiger partial charge in [-0.3, -0.25) is 14.7 Å². The molecular weight excluding hydrogens is 346 g/mol. The zero-order chi connectivity index (χ0) is 19.0. The summed E-state index contributed by atoms with van der Waals surface area (Å²) >= 11 is 0. The SMILES string of the molecule is O=C(C1CCCC1)N1CC2(CCCN2Cc2cccnc2)Cc2ccccc21. The van der Waals surface area contributed by atoms with Crippen LogP contribution < -0.4 is 4.90 Å². The number of carbonyl (C=O) groups excluding carboxylic acids is 1. The summed E-state index contributed by atoms with van der Waals surface area (Å²) in [6.45, 7) is 2.85. The number of carbonyl (C=O) groups is 1. The summed E-state index contributed by atoms with van der Waals surface area (Å²) in [5.74, 6) is 0.577. The zero-order valence-electron chi connectivity index (χ0n) is 16.5. The van der Waals surface area contributed by atoms with Gasteiger partial charge in [0.05, 0.1) is 0 Å². The number of likely N-dealkylation sites (tertiary alicyclic amines) is 1. The van der Waals surface area contributed by atoms with Crippen LogP contribution in [0.3, 0.4) is 0 Å². The van der Waals surface area contributed by atoms with Crippen LogP contribution in [0.2, 0.25) is 0 Å². The van der Waals surface area contributed by atoms with E-state index in [-0.39, 0.29) is 11.5 Å². The first-order valence-electron chi connectivity index (χ1n) is 10.8. The number of fused-ring (bicyclic) bond motifs is 1. The van der Waals surface area contributed by atoms with Gasteiger partial charge in [-0.25, -0.2) is 0 Å². The number of amides is 1. The van der Waals surface area contributed by atoms with Crippen molar-refractivity contribution < 1.29 is 4.79 Å². The highest BCUT2D eigenvalue weighted by atomic mass is 16.2.